The molecule has 0 aromatic heterocycles. The third kappa shape index (κ3) is 1.53. The lowest BCUT2D eigenvalue weighted by Crippen LogP contribution is -2.30. The molecule has 0 spiro atoms. The van der Waals surface area contributed by atoms with Crippen molar-refractivity contribution in [1.29, 1.82) is 0 Å². The fourth-order valence-electron chi connectivity index (χ4n) is 3.08. The van der Waals surface area contributed by atoms with Gasteiger partial charge in [0.15, 0.2) is 0 Å². The van der Waals surface area contributed by atoms with E-state index in [1.807, 2.05) is 0 Å². The van der Waals surface area contributed by atoms with Crippen LogP contribution in [0.5, 0.6) is 0 Å². The molecule has 2 aliphatic rings. The third-order valence-electron chi connectivity index (χ3n) is 4.37. The summed E-state index contributed by atoms with van der Waals surface area (Å²) in [6, 6.07) is 4.22. The van der Waals surface area contributed by atoms with E-state index in [1.165, 1.54) is 23.2 Å². The Hall–Kier alpha value is -1.51. The van der Waals surface area contributed by atoms with E-state index in [0.717, 1.165) is 31.5 Å². The fraction of sp³-hybridized carbons (Fsp3) is 0.533. The second-order valence-corrected chi connectivity index (χ2v) is 5.91. The van der Waals surface area contributed by atoms with Gasteiger partial charge < -0.3 is 10.0 Å². The third-order valence-corrected chi connectivity index (χ3v) is 4.37. The van der Waals surface area contributed by atoms with E-state index in [2.05, 4.69) is 17.0 Å². The Morgan fingerprint density at radius 3 is 2.56 bits per heavy atom. The Bertz CT molecular complexity index is 519. The van der Waals surface area contributed by atoms with Crippen molar-refractivity contribution < 1.29 is 9.90 Å². The van der Waals surface area contributed by atoms with Crippen LogP contribution in [0.4, 0.5) is 5.69 Å². The molecule has 0 unspecified atom stereocenters. The lowest BCUT2D eigenvalue weighted by Gasteiger charge is -2.29. The minimum atomic E-state index is -0.795. The van der Waals surface area contributed by atoms with E-state index >= 15 is 0 Å². The number of carbonyl (C=O) groups is 1. The first-order valence-electron chi connectivity index (χ1n) is 6.65. The van der Waals surface area contributed by atoms with Gasteiger partial charge in [-0.1, -0.05) is 12.1 Å². The van der Waals surface area contributed by atoms with Crippen LogP contribution in [0.15, 0.2) is 12.1 Å². The topological polar surface area (TPSA) is 40.5 Å². The Kier molecular flexibility index (Phi) is 2.40. The van der Waals surface area contributed by atoms with Crippen molar-refractivity contribution in [3.8, 4) is 0 Å². The van der Waals surface area contributed by atoms with Gasteiger partial charge in [0.2, 0.25) is 0 Å². The largest absolute Gasteiger partial charge is 0.481 e. The zero-order valence-corrected chi connectivity index (χ0v) is 11.0. The van der Waals surface area contributed by atoms with Gasteiger partial charge in [0.05, 0.1) is 5.41 Å². The van der Waals surface area contributed by atoms with Gasteiger partial charge >= 0.3 is 5.97 Å². The lowest BCUT2D eigenvalue weighted by molar-refractivity contribution is -0.142. The van der Waals surface area contributed by atoms with Crippen molar-refractivity contribution >= 4 is 11.7 Å². The van der Waals surface area contributed by atoms with Crippen molar-refractivity contribution in [2.24, 2.45) is 0 Å². The molecule has 0 atom stereocenters. The summed E-state index contributed by atoms with van der Waals surface area (Å²) in [4.78, 5) is 13.8. The Balaban J connectivity index is 2.13. The molecule has 0 bridgehead atoms. The predicted octanol–water partition coefficient (Wildman–Crippen LogP) is 2.36. The minimum Gasteiger partial charge on any atom is -0.481 e. The first-order valence-corrected chi connectivity index (χ1v) is 6.65. The first-order chi connectivity index (χ1) is 8.50. The summed E-state index contributed by atoms with van der Waals surface area (Å²) in [6.45, 7) is 5.83. The normalized spacial score (nSPS) is 17.8. The van der Waals surface area contributed by atoms with Crippen LogP contribution in [0.1, 0.15) is 37.0 Å². The molecule has 3 heteroatoms. The van der Waals surface area contributed by atoms with Crippen LogP contribution in [0.2, 0.25) is 0 Å². The van der Waals surface area contributed by atoms with Crippen LogP contribution in [-0.4, -0.2) is 24.2 Å². The highest BCUT2D eigenvalue weighted by Crippen LogP contribution is 2.39. The molecule has 0 amide bonds. The average molecular weight is 245 g/mol. The Morgan fingerprint density at radius 2 is 1.89 bits per heavy atom. The molecule has 96 valence electrons. The highest BCUT2D eigenvalue weighted by Gasteiger charge is 2.33. The van der Waals surface area contributed by atoms with Gasteiger partial charge in [-0.05, 0) is 49.8 Å². The maximum Gasteiger partial charge on any atom is 0.313 e. The number of carboxylic acids is 1. The molecule has 1 aromatic rings. The summed E-state index contributed by atoms with van der Waals surface area (Å²) in [6.07, 6.45) is 3.33. The Labute approximate surface area is 107 Å². The molecule has 3 nitrogen and oxygen atoms in total. The van der Waals surface area contributed by atoms with Gasteiger partial charge in [-0.25, -0.2) is 0 Å². The quantitative estimate of drug-likeness (QED) is 0.869. The SMILES string of the molecule is CC(C)(C(=O)O)c1cc2c3c(c1)CCN3CCC2. The molecule has 0 fully saturated rings. The van der Waals surface area contributed by atoms with E-state index < -0.39 is 11.4 Å². The summed E-state index contributed by atoms with van der Waals surface area (Å²) in [5.74, 6) is -0.750. The maximum atomic E-state index is 11.4. The molecule has 1 aromatic carbocycles. The highest BCUT2D eigenvalue weighted by atomic mass is 16.4. The average Bonchev–Trinajstić information content (AvgIpc) is 2.74. The number of nitrogens with zero attached hydrogens (tertiary/aromatic N) is 1. The Morgan fingerprint density at radius 1 is 1.22 bits per heavy atom. The number of anilines is 1. The van der Waals surface area contributed by atoms with Gasteiger partial charge in [-0.3, -0.25) is 4.79 Å². The van der Waals surface area contributed by atoms with Crippen LogP contribution in [0.25, 0.3) is 0 Å². The summed E-state index contributed by atoms with van der Waals surface area (Å²) >= 11 is 0. The molecule has 0 saturated heterocycles. The smallest absolute Gasteiger partial charge is 0.313 e. The number of carboxylic acid groups (broad SMARTS) is 1. The molecule has 2 heterocycles. The van der Waals surface area contributed by atoms with Crippen molar-refractivity contribution in [2.45, 2.75) is 38.5 Å². The molecule has 18 heavy (non-hydrogen) atoms. The van der Waals surface area contributed by atoms with Crippen LogP contribution < -0.4 is 4.90 Å². The van der Waals surface area contributed by atoms with Crippen molar-refractivity contribution in [3.05, 3.63) is 28.8 Å². The van der Waals surface area contributed by atoms with Gasteiger partial charge in [0, 0.05) is 18.8 Å². The van der Waals surface area contributed by atoms with E-state index in [1.54, 1.807) is 13.8 Å². The van der Waals surface area contributed by atoms with Crippen LogP contribution in [0, 0.1) is 0 Å². The molecule has 0 radical (unpaired) electrons. The van der Waals surface area contributed by atoms with Crippen molar-refractivity contribution in [2.75, 3.05) is 18.0 Å². The molecule has 2 aliphatic heterocycles. The number of aryl methyl sites for hydroxylation is 1. The van der Waals surface area contributed by atoms with E-state index in [0.29, 0.717) is 0 Å². The van der Waals surface area contributed by atoms with Crippen molar-refractivity contribution in [3.63, 3.8) is 0 Å². The number of benzene rings is 1. The van der Waals surface area contributed by atoms with Crippen molar-refractivity contribution in [1.82, 2.24) is 0 Å². The summed E-state index contributed by atoms with van der Waals surface area (Å²) in [5.41, 5.74) is 4.24. The number of rotatable bonds is 2. The number of aliphatic carboxylic acids is 1. The molecule has 1 N–H and O–H groups in total. The van der Waals surface area contributed by atoms with E-state index in [9.17, 15) is 9.90 Å². The second kappa shape index (κ2) is 3.74. The standard InChI is InChI=1S/C15H19NO2/c1-15(2,14(17)18)12-8-10-4-3-6-16-7-5-11(9-12)13(10)16/h8-9H,3-7H2,1-2H3,(H,17,18). The number of hydrogen-bond acceptors (Lipinski definition) is 2. The zero-order chi connectivity index (χ0) is 12.9. The highest BCUT2D eigenvalue weighted by molar-refractivity contribution is 5.81. The molecular formula is C15H19NO2. The first kappa shape index (κ1) is 11.6. The van der Waals surface area contributed by atoms with E-state index in [4.69, 9.17) is 0 Å². The lowest BCUT2D eigenvalue weighted by atomic mass is 9.81. The van der Waals surface area contributed by atoms with Gasteiger partial charge in [0.25, 0.3) is 0 Å². The molecule has 0 saturated carbocycles. The fourth-order valence-corrected chi connectivity index (χ4v) is 3.08. The van der Waals surface area contributed by atoms with Crippen LogP contribution in [0.3, 0.4) is 0 Å². The zero-order valence-electron chi connectivity index (χ0n) is 11.0. The van der Waals surface area contributed by atoms with Gasteiger partial charge in [-0.2, -0.15) is 0 Å². The molecule has 0 aliphatic carbocycles. The molecular weight excluding hydrogens is 226 g/mol. The summed E-state index contributed by atoms with van der Waals surface area (Å²) < 4.78 is 0. The summed E-state index contributed by atoms with van der Waals surface area (Å²) in [5, 5.41) is 9.36. The minimum absolute atomic E-state index is 0.750. The maximum absolute atomic E-state index is 11.4. The van der Waals surface area contributed by atoms with Crippen LogP contribution >= 0.6 is 0 Å². The van der Waals surface area contributed by atoms with E-state index in [-0.39, 0.29) is 0 Å². The van der Waals surface area contributed by atoms with Crippen LogP contribution in [-0.2, 0) is 23.1 Å². The monoisotopic (exact) mass is 245 g/mol. The van der Waals surface area contributed by atoms with Gasteiger partial charge in [-0.15, -0.1) is 0 Å². The predicted molar refractivity (Wildman–Crippen MR) is 71.3 cm³/mol. The number of hydrogen-bond donors (Lipinski definition) is 1. The van der Waals surface area contributed by atoms with Gasteiger partial charge in [0.1, 0.15) is 0 Å². The second-order valence-electron chi connectivity index (χ2n) is 5.91. The summed E-state index contributed by atoms with van der Waals surface area (Å²) in [7, 11) is 0. The molecule has 3 rings (SSSR count).